The van der Waals surface area contributed by atoms with E-state index in [4.69, 9.17) is 11.6 Å². The highest BCUT2D eigenvalue weighted by Gasteiger charge is 2.24. The number of benzene rings is 2. The smallest absolute Gasteiger partial charge is 0.270 e. The summed E-state index contributed by atoms with van der Waals surface area (Å²) in [5.41, 5.74) is 5.87. The molecule has 9 heteroatoms. The predicted octanol–water partition coefficient (Wildman–Crippen LogP) is 4.79. The van der Waals surface area contributed by atoms with Gasteiger partial charge in [0.1, 0.15) is 10.7 Å². The Morgan fingerprint density at radius 2 is 1.67 bits per heavy atom. The number of thiazole rings is 1. The van der Waals surface area contributed by atoms with E-state index < -0.39 is 10.0 Å². The van der Waals surface area contributed by atoms with Crippen LogP contribution in [-0.4, -0.2) is 25.9 Å². The first kappa shape index (κ1) is 25.4. The van der Waals surface area contributed by atoms with Crippen molar-refractivity contribution in [2.75, 3.05) is 6.54 Å². The van der Waals surface area contributed by atoms with Gasteiger partial charge in [0.15, 0.2) is 0 Å². The molecular formula is C24H28ClN3O3S2. The van der Waals surface area contributed by atoms with Gasteiger partial charge in [-0.05, 0) is 86.6 Å². The Bertz CT molecular complexity index is 1270. The van der Waals surface area contributed by atoms with Gasteiger partial charge < -0.3 is 5.32 Å². The molecule has 0 spiro atoms. The summed E-state index contributed by atoms with van der Waals surface area (Å²) in [4.78, 5) is 17.0. The van der Waals surface area contributed by atoms with Gasteiger partial charge in [-0.2, -0.15) is 0 Å². The number of sulfonamides is 1. The highest BCUT2D eigenvalue weighted by atomic mass is 35.5. The van der Waals surface area contributed by atoms with Crippen molar-refractivity contribution in [1.29, 1.82) is 0 Å². The molecule has 2 aromatic carbocycles. The second-order valence-electron chi connectivity index (χ2n) is 8.04. The number of hydrogen-bond donors (Lipinski definition) is 2. The highest BCUT2D eigenvalue weighted by molar-refractivity contribution is 7.89. The Morgan fingerprint density at radius 1 is 1.03 bits per heavy atom. The number of carbonyl (C=O) groups excluding carboxylic acids is 1. The van der Waals surface area contributed by atoms with E-state index in [1.165, 1.54) is 11.3 Å². The molecule has 0 bridgehead atoms. The SMILES string of the molecule is Cc1c(C)c(C)c(S(=O)(=O)NCc2nc(C(=O)NCCc3cccc(Cl)c3)cs2)c(C)c1C. The summed E-state index contributed by atoms with van der Waals surface area (Å²) in [7, 11) is -3.74. The van der Waals surface area contributed by atoms with Gasteiger partial charge in [0.05, 0.1) is 11.4 Å². The van der Waals surface area contributed by atoms with Crippen molar-refractivity contribution in [2.45, 2.75) is 52.5 Å². The van der Waals surface area contributed by atoms with Crippen LogP contribution in [0.2, 0.25) is 5.02 Å². The minimum Gasteiger partial charge on any atom is -0.350 e. The second kappa shape index (κ2) is 10.3. The van der Waals surface area contributed by atoms with Gasteiger partial charge in [-0.15, -0.1) is 11.3 Å². The maximum Gasteiger partial charge on any atom is 0.270 e. The molecule has 0 unspecified atom stereocenters. The molecule has 0 saturated carbocycles. The molecule has 3 aromatic rings. The third-order valence-corrected chi connectivity index (χ3v) is 8.74. The van der Waals surface area contributed by atoms with E-state index in [0.717, 1.165) is 33.4 Å². The zero-order valence-corrected chi connectivity index (χ0v) is 21.8. The Balaban J connectivity index is 1.63. The van der Waals surface area contributed by atoms with Gasteiger partial charge in [-0.3, -0.25) is 4.79 Å². The zero-order chi connectivity index (χ0) is 24.3. The fourth-order valence-corrected chi connectivity index (χ4v) is 6.30. The van der Waals surface area contributed by atoms with Crippen LogP contribution >= 0.6 is 22.9 Å². The summed E-state index contributed by atoms with van der Waals surface area (Å²) in [6, 6.07) is 7.49. The molecule has 33 heavy (non-hydrogen) atoms. The van der Waals surface area contributed by atoms with Crippen molar-refractivity contribution in [3.63, 3.8) is 0 Å². The predicted molar refractivity (Wildman–Crippen MR) is 134 cm³/mol. The molecule has 0 aliphatic carbocycles. The normalized spacial score (nSPS) is 11.6. The van der Waals surface area contributed by atoms with Crippen LogP contribution in [0.25, 0.3) is 0 Å². The topological polar surface area (TPSA) is 88.2 Å². The maximum absolute atomic E-state index is 13.1. The Hall–Kier alpha value is -2.26. The second-order valence-corrected chi connectivity index (χ2v) is 11.1. The van der Waals surface area contributed by atoms with E-state index in [0.29, 0.717) is 27.9 Å². The van der Waals surface area contributed by atoms with Crippen molar-refractivity contribution in [3.05, 3.63) is 78.8 Å². The summed E-state index contributed by atoms with van der Waals surface area (Å²) in [6.07, 6.45) is 0.650. The van der Waals surface area contributed by atoms with Crippen LogP contribution in [0.4, 0.5) is 0 Å². The van der Waals surface area contributed by atoms with E-state index in [2.05, 4.69) is 15.0 Å². The van der Waals surface area contributed by atoms with Crippen LogP contribution in [0.1, 0.15) is 48.9 Å². The third kappa shape index (κ3) is 5.81. The number of halogens is 1. The van der Waals surface area contributed by atoms with Gasteiger partial charge in [-0.25, -0.2) is 18.1 Å². The van der Waals surface area contributed by atoms with Gasteiger partial charge in [-0.1, -0.05) is 23.7 Å². The van der Waals surface area contributed by atoms with Gasteiger partial charge >= 0.3 is 0 Å². The van der Waals surface area contributed by atoms with Crippen molar-refractivity contribution in [1.82, 2.24) is 15.0 Å². The summed E-state index contributed by atoms with van der Waals surface area (Å²) in [5.74, 6) is -0.293. The number of aromatic nitrogens is 1. The van der Waals surface area contributed by atoms with Gasteiger partial charge in [0, 0.05) is 16.9 Å². The lowest BCUT2D eigenvalue weighted by atomic mass is 9.95. The molecule has 1 heterocycles. The van der Waals surface area contributed by atoms with Crippen LogP contribution in [0.15, 0.2) is 34.5 Å². The van der Waals surface area contributed by atoms with E-state index in [1.54, 1.807) is 11.4 Å². The molecule has 0 atom stereocenters. The summed E-state index contributed by atoms with van der Waals surface area (Å²) < 4.78 is 28.8. The Morgan fingerprint density at radius 3 is 2.30 bits per heavy atom. The number of hydrogen-bond acceptors (Lipinski definition) is 5. The van der Waals surface area contributed by atoms with Crippen molar-refractivity contribution < 1.29 is 13.2 Å². The molecule has 6 nitrogen and oxygen atoms in total. The maximum atomic E-state index is 13.1. The lowest BCUT2D eigenvalue weighted by molar-refractivity contribution is 0.0949. The Labute approximate surface area is 204 Å². The minimum absolute atomic E-state index is 0.0215. The average molecular weight is 506 g/mol. The van der Waals surface area contributed by atoms with Crippen LogP contribution < -0.4 is 10.0 Å². The largest absolute Gasteiger partial charge is 0.350 e. The quantitative estimate of drug-likeness (QED) is 0.460. The van der Waals surface area contributed by atoms with Gasteiger partial charge in [0.2, 0.25) is 10.0 Å². The standard InChI is InChI=1S/C24H28ClN3O3S2/c1-14-15(2)17(4)23(18(5)16(14)3)33(30,31)27-12-22-28-21(13-32-22)24(29)26-10-9-19-7-6-8-20(25)11-19/h6-8,11,13,27H,9-10,12H2,1-5H3,(H,26,29). The molecule has 0 radical (unpaired) electrons. The van der Waals surface area contributed by atoms with E-state index >= 15 is 0 Å². The number of rotatable bonds is 8. The van der Waals surface area contributed by atoms with Crippen LogP contribution in [0, 0.1) is 34.6 Å². The monoisotopic (exact) mass is 505 g/mol. The summed E-state index contributed by atoms with van der Waals surface area (Å²) in [5, 5.41) is 5.65. The van der Waals surface area contributed by atoms with E-state index in [-0.39, 0.29) is 18.1 Å². The van der Waals surface area contributed by atoms with E-state index in [1.807, 2.05) is 52.8 Å². The molecule has 0 aliphatic heterocycles. The lowest BCUT2D eigenvalue weighted by Gasteiger charge is -2.18. The first-order valence-electron chi connectivity index (χ1n) is 10.5. The first-order chi connectivity index (χ1) is 15.5. The molecule has 1 aromatic heterocycles. The first-order valence-corrected chi connectivity index (χ1v) is 13.3. The molecule has 0 aliphatic rings. The van der Waals surface area contributed by atoms with Gasteiger partial charge in [0.25, 0.3) is 5.91 Å². The summed E-state index contributed by atoms with van der Waals surface area (Å²) in [6.45, 7) is 10.0. The number of nitrogens with zero attached hydrogens (tertiary/aromatic N) is 1. The highest BCUT2D eigenvalue weighted by Crippen LogP contribution is 2.29. The average Bonchev–Trinajstić information content (AvgIpc) is 3.24. The van der Waals surface area contributed by atoms with E-state index in [9.17, 15) is 13.2 Å². The fraction of sp³-hybridized carbons (Fsp3) is 0.333. The van der Waals surface area contributed by atoms with Crippen molar-refractivity contribution in [2.24, 2.45) is 0 Å². The van der Waals surface area contributed by atoms with Crippen molar-refractivity contribution in [3.8, 4) is 0 Å². The number of carbonyl (C=O) groups is 1. The molecular weight excluding hydrogens is 478 g/mol. The lowest BCUT2D eigenvalue weighted by Crippen LogP contribution is -2.27. The molecule has 2 N–H and O–H groups in total. The fourth-order valence-electron chi connectivity index (χ4n) is 3.70. The molecule has 0 fully saturated rings. The minimum atomic E-state index is -3.74. The third-order valence-electron chi connectivity index (χ3n) is 5.99. The number of nitrogens with one attached hydrogen (secondary N) is 2. The van der Waals surface area contributed by atoms with Crippen molar-refractivity contribution >= 4 is 38.9 Å². The zero-order valence-electron chi connectivity index (χ0n) is 19.4. The van der Waals surface area contributed by atoms with Crippen LogP contribution in [-0.2, 0) is 23.0 Å². The van der Waals surface area contributed by atoms with Crippen LogP contribution in [0.3, 0.4) is 0 Å². The molecule has 3 rings (SSSR count). The molecule has 176 valence electrons. The molecule has 1 amide bonds. The van der Waals surface area contributed by atoms with Crippen LogP contribution in [0.5, 0.6) is 0 Å². The number of amides is 1. The molecule has 0 saturated heterocycles. The summed E-state index contributed by atoms with van der Waals surface area (Å²) >= 11 is 7.23. The Kier molecular flexibility index (Phi) is 7.95.